The maximum Gasteiger partial charge on any atom is 0.264 e. The van der Waals surface area contributed by atoms with Crippen molar-refractivity contribution < 1.29 is 22.7 Å². The average Bonchev–Trinajstić information content (AvgIpc) is 2.95. The molecule has 0 aliphatic rings. The summed E-state index contributed by atoms with van der Waals surface area (Å²) in [5, 5.41) is 2.88. The molecule has 2 amide bonds. The molecule has 0 saturated heterocycles. The lowest BCUT2D eigenvalue weighted by Crippen LogP contribution is -2.52. The molecule has 0 spiro atoms. The van der Waals surface area contributed by atoms with Crippen molar-refractivity contribution in [2.45, 2.75) is 51.1 Å². The van der Waals surface area contributed by atoms with E-state index in [1.54, 1.807) is 61.7 Å². The Morgan fingerprint density at radius 1 is 0.949 bits per heavy atom. The minimum Gasteiger partial charge on any atom is -0.497 e. The molecular formula is C30H37N3O5S. The van der Waals surface area contributed by atoms with Crippen molar-refractivity contribution in [3.63, 3.8) is 0 Å². The van der Waals surface area contributed by atoms with Crippen LogP contribution in [0.4, 0.5) is 5.69 Å². The number of hydrogen-bond acceptors (Lipinski definition) is 5. The zero-order valence-electron chi connectivity index (χ0n) is 23.0. The molecule has 9 heteroatoms. The molecule has 0 fully saturated rings. The van der Waals surface area contributed by atoms with Gasteiger partial charge in [0.05, 0.1) is 17.7 Å². The zero-order valence-corrected chi connectivity index (χ0v) is 23.8. The number of amides is 2. The summed E-state index contributed by atoms with van der Waals surface area (Å²) < 4.78 is 34.1. The standard InChI is InChI=1S/C30H37N3O5S/c1-5-19-31-30(35)28(6-2)32(21-24-11-10-14-26(20-24)38-4)29(34)22-33(25-12-8-7-9-13-25)39(36,37)27-17-15-23(3)16-18-27/h7-18,20,28H,5-6,19,21-22H2,1-4H3,(H,31,35). The van der Waals surface area contributed by atoms with E-state index < -0.39 is 28.5 Å². The van der Waals surface area contributed by atoms with Crippen LogP contribution in [-0.2, 0) is 26.2 Å². The number of hydrogen-bond donors (Lipinski definition) is 1. The second-order valence-corrected chi connectivity index (χ2v) is 11.1. The molecule has 0 heterocycles. The van der Waals surface area contributed by atoms with Gasteiger partial charge in [-0.2, -0.15) is 0 Å². The van der Waals surface area contributed by atoms with Gasteiger partial charge >= 0.3 is 0 Å². The van der Waals surface area contributed by atoms with E-state index in [4.69, 9.17) is 4.74 Å². The first-order valence-corrected chi connectivity index (χ1v) is 14.5. The number of carbonyl (C=O) groups excluding carboxylic acids is 2. The van der Waals surface area contributed by atoms with Gasteiger partial charge in [0.1, 0.15) is 18.3 Å². The molecule has 0 saturated carbocycles. The first-order chi connectivity index (χ1) is 18.7. The van der Waals surface area contributed by atoms with Gasteiger partial charge in [0.25, 0.3) is 10.0 Å². The van der Waals surface area contributed by atoms with Crippen LogP contribution in [0.3, 0.4) is 0 Å². The van der Waals surface area contributed by atoms with Crippen molar-refractivity contribution in [3.05, 3.63) is 90.0 Å². The molecule has 1 atom stereocenters. The van der Waals surface area contributed by atoms with Gasteiger partial charge in [-0.25, -0.2) is 8.42 Å². The van der Waals surface area contributed by atoms with Gasteiger partial charge in [-0.05, 0) is 61.7 Å². The monoisotopic (exact) mass is 551 g/mol. The molecule has 0 bridgehead atoms. The van der Waals surface area contributed by atoms with Crippen molar-refractivity contribution in [1.82, 2.24) is 10.2 Å². The van der Waals surface area contributed by atoms with Crippen LogP contribution in [0, 0.1) is 6.92 Å². The number of sulfonamides is 1. The summed E-state index contributed by atoms with van der Waals surface area (Å²) in [6.07, 6.45) is 1.11. The van der Waals surface area contributed by atoms with Crippen LogP contribution in [0.25, 0.3) is 0 Å². The summed E-state index contributed by atoms with van der Waals surface area (Å²) in [7, 11) is -2.53. The minimum atomic E-state index is -4.08. The van der Waals surface area contributed by atoms with Crippen molar-refractivity contribution in [2.24, 2.45) is 0 Å². The fraction of sp³-hybridized carbons (Fsp3) is 0.333. The van der Waals surface area contributed by atoms with Gasteiger partial charge in [0, 0.05) is 13.1 Å². The zero-order chi connectivity index (χ0) is 28.4. The Hall–Kier alpha value is -3.85. The Labute approximate surface area is 231 Å². The predicted molar refractivity (Wildman–Crippen MR) is 153 cm³/mol. The first-order valence-electron chi connectivity index (χ1n) is 13.1. The second kappa shape index (κ2) is 13.8. The summed E-state index contributed by atoms with van der Waals surface area (Å²) in [4.78, 5) is 28.7. The Morgan fingerprint density at radius 2 is 1.64 bits per heavy atom. The minimum absolute atomic E-state index is 0.0804. The number of nitrogens with zero attached hydrogens (tertiary/aromatic N) is 2. The van der Waals surface area contributed by atoms with Gasteiger partial charge in [0.15, 0.2) is 0 Å². The first kappa shape index (κ1) is 29.7. The Bertz CT molecular complexity index is 1340. The van der Waals surface area contributed by atoms with E-state index in [9.17, 15) is 18.0 Å². The van der Waals surface area contributed by atoms with Gasteiger partial charge in [-0.15, -0.1) is 0 Å². The maximum absolute atomic E-state index is 14.0. The molecule has 3 rings (SSSR count). The van der Waals surface area contributed by atoms with Crippen LogP contribution in [-0.4, -0.2) is 51.4 Å². The summed E-state index contributed by atoms with van der Waals surface area (Å²) >= 11 is 0. The highest BCUT2D eigenvalue weighted by molar-refractivity contribution is 7.92. The molecular weight excluding hydrogens is 514 g/mol. The third-order valence-corrected chi connectivity index (χ3v) is 8.14. The van der Waals surface area contributed by atoms with Crippen molar-refractivity contribution in [3.8, 4) is 5.75 Å². The van der Waals surface area contributed by atoms with Crippen LogP contribution >= 0.6 is 0 Å². The topological polar surface area (TPSA) is 96.0 Å². The van der Waals surface area contributed by atoms with Crippen LogP contribution in [0.15, 0.2) is 83.8 Å². The third-order valence-electron chi connectivity index (χ3n) is 6.35. The molecule has 0 aliphatic heterocycles. The van der Waals surface area contributed by atoms with E-state index in [0.29, 0.717) is 24.4 Å². The summed E-state index contributed by atoms with van der Waals surface area (Å²) in [6, 6.07) is 21.5. The third kappa shape index (κ3) is 7.60. The molecule has 0 radical (unpaired) electrons. The molecule has 208 valence electrons. The highest BCUT2D eigenvalue weighted by atomic mass is 32.2. The van der Waals surface area contributed by atoms with E-state index >= 15 is 0 Å². The van der Waals surface area contributed by atoms with Crippen molar-refractivity contribution in [1.29, 1.82) is 0 Å². The quantitative estimate of drug-likeness (QED) is 0.337. The number of benzene rings is 3. The molecule has 0 aliphatic carbocycles. The average molecular weight is 552 g/mol. The molecule has 1 unspecified atom stereocenters. The molecule has 0 aromatic heterocycles. The fourth-order valence-corrected chi connectivity index (χ4v) is 5.63. The number of carbonyl (C=O) groups is 2. The number of para-hydroxylation sites is 1. The van der Waals surface area contributed by atoms with Crippen molar-refractivity contribution >= 4 is 27.5 Å². The smallest absolute Gasteiger partial charge is 0.264 e. The van der Waals surface area contributed by atoms with Gasteiger partial charge in [-0.3, -0.25) is 13.9 Å². The van der Waals surface area contributed by atoms with E-state index in [-0.39, 0.29) is 17.3 Å². The number of nitrogens with one attached hydrogen (secondary N) is 1. The normalized spacial score (nSPS) is 11.9. The molecule has 39 heavy (non-hydrogen) atoms. The summed E-state index contributed by atoms with van der Waals surface area (Å²) in [6.45, 7) is 5.78. The van der Waals surface area contributed by atoms with Crippen LogP contribution < -0.4 is 14.4 Å². The van der Waals surface area contributed by atoms with Crippen LogP contribution in [0.2, 0.25) is 0 Å². The Morgan fingerprint density at radius 3 is 2.26 bits per heavy atom. The lowest BCUT2D eigenvalue weighted by Gasteiger charge is -2.33. The number of anilines is 1. The van der Waals surface area contributed by atoms with Gasteiger partial charge in [0.2, 0.25) is 11.8 Å². The number of ether oxygens (including phenoxy) is 1. The molecule has 8 nitrogen and oxygen atoms in total. The second-order valence-electron chi connectivity index (χ2n) is 9.25. The van der Waals surface area contributed by atoms with Crippen LogP contribution in [0.1, 0.15) is 37.8 Å². The summed E-state index contributed by atoms with van der Waals surface area (Å²) in [5.74, 6) is -0.143. The lowest BCUT2D eigenvalue weighted by molar-refractivity contribution is -0.140. The lowest BCUT2D eigenvalue weighted by atomic mass is 10.1. The number of rotatable bonds is 13. The number of methoxy groups -OCH3 is 1. The molecule has 3 aromatic rings. The number of aryl methyl sites for hydroxylation is 1. The Kier molecular flexibility index (Phi) is 10.5. The van der Waals surface area contributed by atoms with E-state index in [1.807, 2.05) is 32.9 Å². The van der Waals surface area contributed by atoms with Gasteiger partial charge in [-0.1, -0.05) is 61.9 Å². The van der Waals surface area contributed by atoms with E-state index in [1.165, 1.54) is 17.0 Å². The SMILES string of the molecule is CCCNC(=O)C(CC)N(Cc1cccc(OC)c1)C(=O)CN(c1ccccc1)S(=O)(=O)c1ccc(C)cc1. The summed E-state index contributed by atoms with van der Waals surface area (Å²) in [5.41, 5.74) is 2.04. The largest absolute Gasteiger partial charge is 0.497 e. The fourth-order valence-electron chi connectivity index (χ4n) is 4.21. The molecule has 3 aromatic carbocycles. The predicted octanol–water partition coefficient (Wildman–Crippen LogP) is 4.53. The highest BCUT2D eigenvalue weighted by Crippen LogP contribution is 2.25. The molecule has 1 N–H and O–H groups in total. The van der Waals surface area contributed by atoms with Crippen LogP contribution in [0.5, 0.6) is 5.75 Å². The Balaban J connectivity index is 2.03. The maximum atomic E-state index is 14.0. The van der Waals surface area contributed by atoms with Gasteiger partial charge < -0.3 is 15.0 Å². The van der Waals surface area contributed by atoms with Crippen molar-refractivity contribution in [2.75, 3.05) is 24.5 Å². The van der Waals surface area contributed by atoms with E-state index in [2.05, 4.69) is 5.32 Å². The van der Waals surface area contributed by atoms with E-state index in [0.717, 1.165) is 21.9 Å². The highest BCUT2D eigenvalue weighted by Gasteiger charge is 2.33.